The highest BCUT2D eigenvalue weighted by molar-refractivity contribution is 5.77. The largest absolute Gasteiger partial charge is 0.497 e. The average Bonchev–Trinajstić information content (AvgIpc) is 2.61. The molecule has 0 fully saturated rings. The van der Waals surface area contributed by atoms with Gasteiger partial charge in [0.05, 0.1) is 13.2 Å². The minimum atomic E-state index is -0.777. The maximum absolute atomic E-state index is 11.9. The topological polar surface area (TPSA) is 67.8 Å². The third kappa shape index (κ3) is 4.73. The van der Waals surface area contributed by atoms with Gasteiger partial charge in [0.1, 0.15) is 11.5 Å². The van der Waals surface area contributed by atoms with Gasteiger partial charge in [0.25, 0.3) is 5.91 Å². The van der Waals surface area contributed by atoms with Crippen LogP contribution in [0.4, 0.5) is 0 Å². The second-order valence-electron chi connectivity index (χ2n) is 5.58. The molecule has 2 N–H and O–H groups in total. The molecule has 0 aromatic heterocycles. The molecule has 128 valence electrons. The van der Waals surface area contributed by atoms with Crippen LogP contribution in [-0.2, 0) is 4.79 Å². The van der Waals surface area contributed by atoms with Crippen LogP contribution < -0.4 is 14.8 Å². The SMILES string of the molecule is COc1ccc(C(O)CNC(=O)COc2cccc(C)c2C)cc1. The quantitative estimate of drug-likeness (QED) is 0.819. The van der Waals surface area contributed by atoms with Crippen LogP contribution in [0.25, 0.3) is 0 Å². The van der Waals surface area contributed by atoms with Crippen molar-refractivity contribution in [3.63, 3.8) is 0 Å². The summed E-state index contributed by atoms with van der Waals surface area (Å²) < 4.78 is 10.6. The van der Waals surface area contributed by atoms with Crippen molar-refractivity contribution in [3.8, 4) is 11.5 Å². The van der Waals surface area contributed by atoms with Crippen LogP contribution in [0.1, 0.15) is 22.8 Å². The van der Waals surface area contributed by atoms with Crippen LogP contribution in [0.2, 0.25) is 0 Å². The Balaban J connectivity index is 1.80. The number of aliphatic hydroxyl groups is 1. The van der Waals surface area contributed by atoms with Crippen LogP contribution in [0.5, 0.6) is 11.5 Å². The first-order valence-electron chi connectivity index (χ1n) is 7.79. The summed E-state index contributed by atoms with van der Waals surface area (Å²) >= 11 is 0. The molecule has 0 aliphatic heterocycles. The Morgan fingerprint density at radius 1 is 1.17 bits per heavy atom. The molecule has 0 saturated heterocycles. The molecular formula is C19H23NO4. The molecule has 0 heterocycles. The first kappa shape index (κ1) is 17.8. The second-order valence-corrected chi connectivity index (χ2v) is 5.58. The lowest BCUT2D eigenvalue weighted by Crippen LogP contribution is -2.32. The van der Waals surface area contributed by atoms with Gasteiger partial charge in [-0.05, 0) is 48.7 Å². The lowest BCUT2D eigenvalue weighted by Gasteiger charge is -2.14. The molecule has 24 heavy (non-hydrogen) atoms. The Morgan fingerprint density at radius 3 is 2.54 bits per heavy atom. The van der Waals surface area contributed by atoms with E-state index in [9.17, 15) is 9.90 Å². The lowest BCUT2D eigenvalue weighted by atomic mass is 10.1. The minimum absolute atomic E-state index is 0.0837. The number of carbonyl (C=O) groups is 1. The Labute approximate surface area is 142 Å². The van der Waals surface area contributed by atoms with Gasteiger partial charge in [0, 0.05) is 6.54 Å². The highest BCUT2D eigenvalue weighted by Gasteiger charge is 2.11. The fourth-order valence-corrected chi connectivity index (χ4v) is 2.23. The summed E-state index contributed by atoms with van der Waals surface area (Å²) in [6.07, 6.45) is -0.777. The van der Waals surface area contributed by atoms with Gasteiger partial charge in [0.2, 0.25) is 0 Å². The van der Waals surface area contributed by atoms with E-state index >= 15 is 0 Å². The van der Waals surface area contributed by atoms with Crippen molar-refractivity contribution < 1.29 is 19.4 Å². The number of aliphatic hydroxyl groups excluding tert-OH is 1. The molecule has 2 rings (SSSR count). The van der Waals surface area contributed by atoms with E-state index in [0.717, 1.165) is 16.9 Å². The van der Waals surface area contributed by atoms with E-state index in [1.807, 2.05) is 32.0 Å². The predicted octanol–water partition coefficient (Wildman–Crippen LogP) is 2.54. The lowest BCUT2D eigenvalue weighted by molar-refractivity contribution is -0.123. The fourth-order valence-electron chi connectivity index (χ4n) is 2.23. The number of amides is 1. The Morgan fingerprint density at radius 2 is 1.88 bits per heavy atom. The summed E-state index contributed by atoms with van der Waals surface area (Å²) in [5.41, 5.74) is 2.85. The molecular weight excluding hydrogens is 306 g/mol. The third-order valence-electron chi connectivity index (χ3n) is 3.91. The Kier molecular flexibility index (Phi) is 6.21. The normalized spacial score (nSPS) is 11.7. The molecule has 0 aliphatic rings. The molecule has 5 nitrogen and oxygen atoms in total. The average molecular weight is 329 g/mol. The number of carbonyl (C=O) groups excluding carboxylic acids is 1. The zero-order chi connectivity index (χ0) is 17.5. The summed E-state index contributed by atoms with van der Waals surface area (Å²) in [5.74, 6) is 1.14. The predicted molar refractivity (Wildman–Crippen MR) is 92.4 cm³/mol. The molecule has 0 spiro atoms. The van der Waals surface area contributed by atoms with Gasteiger partial charge in [0.15, 0.2) is 6.61 Å². The van der Waals surface area contributed by atoms with E-state index in [1.165, 1.54) is 0 Å². The van der Waals surface area contributed by atoms with Gasteiger partial charge < -0.3 is 19.9 Å². The highest BCUT2D eigenvalue weighted by Crippen LogP contribution is 2.20. The second kappa shape index (κ2) is 8.36. The first-order chi connectivity index (χ1) is 11.5. The number of methoxy groups -OCH3 is 1. The van der Waals surface area contributed by atoms with Crippen LogP contribution in [0, 0.1) is 13.8 Å². The molecule has 2 aromatic rings. The van der Waals surface area contributed by atoms with E-state index in [1.54, 1.807) is 31.4 Å². The maximum atomic E-state index is 11.9. The number of hydrogen-bond acceptors (Lipinski definition) is 4. The molecule has 2 aromatic carbocycles. The molecule has 1 unspecified atom stereocenters. The number of nitrogens with one attached hydrogen (secondary N) is 1. The Bertz CT molecular complexity index is 682. The fraction of sp³-hybridized carbons (Fsp3) is 0.316. The van der Waals surface area contributed by atoms with Crippen molar-refractivity contribution in [2.24, 2.45) is 0 Å². The van der Waals surface area contributed by atoms with Crippen molar-refractivity contribution in [1.82, 2.24) is 5.32 Å². The number of rotatable bonds is 7. The van der Waals surface area contributed by atoms with Gasteiger partial charge in [-0.25, -0.2) is 0 Å². The van der Waals surface area contributed by atoms with Gasteiger partial charge in [-0.2, -0.15) is 0 Å². The van der Waals surface area contributed by atoms with Crippen LogP contribution in [-0.4, -0.2) is 31.3 Å². The van der Waals surface area contributed by atoms with Crippen molar-refractivity contribution in [3.05, 3.63) is 59.2 Å². The molecule has 0 radical (unpaired) electrons. The van der Waals surface area contributed by atoms with Gasteiger partial charge >= 0.3 is 0 Å². The van der Waals surface area contributed by atoms with Crippen LogP contribution in [0.3, 0.4) is 0 Å². The maximum Gasteiger partial charge on any atom is 0.258 e. The molecule has 5 heteroatoms. The number of aryl methyl sites for hydroxylation is 1. The van der Waals surface area contributed by atoms with Crippen LogP contribution >= 0.6 is 0 Å². The van der Waals surface area contributed by atoms with Crippen molar-refractivity contribution in [1.29, 1.82) is 0 Å². The van der Waals surface area contributed by atoms with Gasteiger partial charge in [-0.1, -0.05) is 24.3 Å². The highest BCUT2D eigenvalue weighted by atomic mass is 16.5. The van der Waals surface area contributed by atoms with E-state index in [-0.39, 0.29) is 19.1 Å². The van der Waals surface area contributed by atoms with E-state index in [0.29, 0.717) is 11.3 Å². The molecule has 0 aliphatic carbocycles. The zero-order valence-electron chi connectivity index (χ0n) is 14.2. The number of hydrogen-bond donors (Lipinski definition) is 2. The van der Waals surface area contributed by atoms with Gasteiger partial charge in [-0.15, -0.1) is 0 Å². The van der Waals surface area contributed by atoms with Crippen molar-refractivity contribution in [2.75, 3.05) is 20.3 Å². The number of benzene rings is 2. The third-order valence-corrected chi connectivity index (χ3v) is 3.91. The molecule has 0 bridgehead atoms. The summed E-state index contributed by atoms with van der Waals surface area (Å²) in [5, 5.41) is 12.8. The molecule has 1 amide bonds. The first-order valence-corrected chi connectivity index (χ1v) is 7.79. The Hall–Kier alpha value is -2.53. The summed E-state index contributed by atoms with van der Waals surface area (Å²) in [6, 6.07) is 12.8. The van der Waals surface area contributed by atoms with Crippen LogP contribution in [0.15, 0.2) is 42.5 Å². The monoisotopic (exact) mass is 329 g/mol. The summed E-state index contributed by atoms with van der Waals surface area (Å²) in [6.45, 7) is 3.99. The van der Waals surface area contributed by atoms with Gasteiger partial charge in [-0.3, -0.25) is 4.79 Å². The minimum Gasteiger partial charge on any atom is -0.497 e. The van der Waals surface area contributed by atoms with Crippen molar-refractivity contribution in [2.45, 2.75) is 20.0 Å². The van der Waals surface area contributed by atoms with E-state index in [2.05, 4.69) is 5.32 Å². The molecule has 0 saturated carbocycles. The summed E-state index contributed by atoms with van der Waals surface area (Å²) in [4.78, 5) is 11.9. The van der Waals surface area contributed by atoms with Crippen molar-refractivity contribution >= 4 is 5.91 Å². The number of ether oxygens (including phenoxy) is 2. The van der Waals surface area contributed by atoms with E-state index < -0.39 is 6.10 Å². The summed E-state index contributed by atoms with van der Waals surface area (Å²) in [7, 11) is 1.58. The smallest absolute Gasteiger partial charge is 0.258 e. The van der Waals surface area contributed by atoms with E-state index in [4.69, 9.17) is 9.47 Å². The zero-order valence-corrected chi connectivity index (χ0v) is 14.2. The molecule has 1 atom stereocenters. The standard InChI is InChI=1S/C19H23NO4/c1-13-5-4-6-18(14(13)2)24-12-19(22)20-11-17(21)15-7-9-16(23-3)10-8-15/h4-10,17,21H,11-12H2,1-3H3,(H,20,22).